The average molecular weight is 305 g/mol. The Morgan fingerprint density at radius 1 is 1.05 bits per heavy atom. The van der Waals surface area contributed by atoms with Gasteiger partial charge in [0.15, 0.2) is 0 Å². The highest BCUT2D eigenvalue weighted by Crippen LogP contribution is 2.32. The summed E-state index contributed by atoms with van der Waals surface area (Å²) in [7, 11) is 0. The minimum Gasteiger partial charge on any atom is -0.310 e. The summed E-state index contributed by atoms with van der Waals surface area (Å²) >= 11 is 1.72. The molecule has 1 aromatic carbocycles. The second-order valence-corrected chi connectivity index (χ2v) is 6.14. The van der Waals surface area contributed by atoms with Gasteiger partial charge in [-0.15, -0.1) is 11.3 Å². The zero-order valence-corrected chi connectivity index (χ0v) is 12.8. The lowest BCUT2D eigenvalue weighted by atomic mass is 10.2. The van der Waals surface area contributed by atoms with E-state index < -0.39 is 0 Å². The Hall–Kier alpha value is -2.46. The summed E-state index contributed by atoms with van der Waals surface area (Å²) in [5.41, 5.74) is 3.52. The van der Waals surface area contributed by atoms with E-state index >= 15 is 0 Å². The number of anilines is 2. The topological polar surface area (TPSA) is 29.0 Å². The van der Waals surface area contributed by atoms with Gasteiger partial charge in [-0.1, -0.05) is 24.3 Å². The molecule has 3 nitrogen and oxygen atoms in total. The Morgan fingerprint density at radius 3 is 2.91 bits per heavy atom. The molecule has 0 saturated heterocycles. The van der Waals surface area contributed by atoms with Gasteiger partial charge in [0.25, 0.3) is 0 Å². The predicted molar refractivity (Wildman–Crippen MR) is 92.4 cm³/mol. The lowest BCUT2D eigenvalue weighted by Gasteiger charge is -2.17. The van der Waals surface area contributed by atoms with Crippen LogP contribution >= 0.6 is 11.3 Å². The van der Waals surface area contributed by atoms with Crippen molar-refractivity contribution in [3.63, 3.8) is 0 Å². The van der Waals surface area contributed by atoms with Crippen LogP contribution in [0, 0.1) is 0 Å². The van der Waals surface area contributed by atoms with Crippen molar-refractivity contribution >= 4 is 35.1 Å². The molecular weight excluding hydrogens is 290 g/mol. The number of hydrogen-bond acceptors (Lipinski definition) is 4. The first-order valence-electron chi connectivity index (χ1n) is 7.30. The Morgan fingerprint density at radius 2 is 2.00 bits per heavy atom. The summed E-state index contributed by atoms with van der Waals surface area (Å²) < 4.78 is 0. The highest BCUT2D eigenvalue weighted by atomic mass is 32.1. The third-order valence-corrected chi connectivity index (χ3v) is 4.59. The quantitative estimate of drug-likeness (QED) is 0.718. The van der Waals surface area contributed by atoms with E-state index in [4.69, 9.17) is 0 Å². The van der Waals surface area contributed by atoms with Gasteiger partial charge in [-0.2, -0.15) is 0 Å². The van der Waals surface area contributed by atoms with Crippen molar-refractivity contribution in [2.24, 2.45) is 0 Å². The number of benzene rings is 1. The van der Waals surface area contributed by atoms with Crippen LogP contribution in [-0.2, 0) is 6.42 Å². The molecule has 0 unspecified atom stereocenters. The molecule has 3 aromatic rings. The Labute approximate surface area is 133 Å². The lowest BCUT2D eigenvalue weighted by Crippen LogP contribution is -2.16. The van der Waals surface area contributed by atoms with Crippen molar-refractivity contribution in [1.29, 1.82) is 0 Å². The van der Waals surface area contributed by atoms with Gasteiger partial charge in [-0.25, -0.2) is 9.97 Å². The minimum absolute atomic E-state index is 0.776. The molecule has 1 aliphatic rings. The van der Waals surface area contributed by atoms with Crippen LogP contribution in [-0.4, -0.2) is 16.5 Å². The third-order valence-electron chi connectivity index (χ3n) is 3.75. The van der Waals surface area contributed by atoms with Crippen molar-refractivity contribution in [1.82, 2.24) is 9.97 Å². The SMILES string of the molecule is C(=C\c1cccs1)/c1ccnc(N2CCc3ccccc32)n1. The van der Waals surface area contributed by atoms with E-state index in [9.17, 15) is 0 Å². The second-order valence-electron chi connectivity index (χ2n) is 5.16. The predicted octanol–water partition coefficient (Wildman–Crippen LogP) is 4.40. The average Bonchev–Trinajstić information content (AvgIpc) is 3.23. The van der Waals surface area contributed by atoms with Crippen molar-refractivity contribution in [2.75, 3.05) is 11.4 Å². The van der Waals surface area contributed by atoms with Crippen molar-refractivity contribution < 1.29 is 0 Å². The van der Waals surface area contributed by atoms with Crippen LogP contribution in [0.4, 0.5) is 11.6 Å². The largest absolute Gasteiger partial charge is 0.310 e. The molecule has 0 fully saturated rings. The number of thiophene rings is 1. The first-order valence-corrected chi connectivity index (χ1v) is 8.18. The molecule has 0 bridgehead atoms. The fraction of sp³-hybridized carbons (Fsp3) is 0.111. The Kier molecular flexibility index (Phi) is 3.45. The molecular formula is C18H15N3S. The van der Waals surface area contributed by atoms with Crippen molar-refractivity contribution in [3.8, 4) is 0 Å². The highest BCUT2D eigenvalue weighted by Gasteiger charge is 2.21. The second kappa shape index (κ2) is 5.73. The number of nitrogens with zero attached hydrogens (tertiary/aromatic N) is 3. The van der Waals surface area contributed by atoms with Crippen molar-refractivity contribution in [2.45, 2.75) is 6.42 Å². The summed E-state index contributed by atoms with van der Waals surface area (Å²) in [4.78, 5) is 12.6. The molecule has 0 amide bonds. The van der Waals surface area contributed by atoms with E-state index in [1.807, 2.05) is 18.3 Å². The highest BCUT2D eigenvalue weighted by molar-refractivity contribution is 7.10. The summed E-state index contributed by atoms with van der Waals surface area (Å²) in [5, 5.41) is 2.08. The molecule has 0 atom stereocenters. The molecule has 4 heteroatoms. The fourth-order valence-electron chi connectivity index (χ4n) is 2.68. The maximum absolute atomic E-state index is 4.69. The van der Waals surface area contributed by atoms with Gasteiger partial charge < -0.3 is 4.90 Å². The number of hydrogen-bond donors (Lipinski definition) is 0. The summed E-state index contributed by atoms with van der Waals surface area (Å²) in [6.45, 7) is 0.942. The zero-order valence-electron chi connectivity index (χ0n) is 12.0. The van der Waals surface area contributed by atoms with E-state index in [1.54, 1.807) is 11.3 Å². The molecule has 4 rings (SSSR count). The first kappa shape index (κ1) is 13.2. The molecule has 2 aromatic heterocycles. The van der Waals surface area contributed by atoms with Crippen LogP contribution in [0.3, 0.4) is 0 Å². The van der Waals surface area contributed by atoms with E-state index in [0.29, 0.717) is 0 Å². The number of fused-ring (bicyclic) bond motifs is 1. The van der Waals surface area contributed by atoms with Crippen LogP contribution in [0.25, 0.3) is 12.2 Å². The smallest absolute Gasteiger partial charge is 0.230 e. The van der Waals surface area contributed by atoms with Gasteiger partial charge >= 0.3 is 0 Å². The van der Waals surface area contributed by atoms with Crippen LogP contribution in [0.15, 0.2) is 54.0 Å². The third kappa shape index (κ3) is 2.53. The molecule has 108 valence electrons. The molecule has 0 saturated carbocycles. The Balaban J connectivity index is 1.63. The van der Waals surface area contributed by atoms with Gasteiger partial charge in [0, 0.05) is 23.3 Å². The van der Waals surface area contributed by atoms with E-state index in [2.05, 4.69) is 62.7 Å². The monoisotopic (exact) mass is 305 g/mol. The maximum Gasteiger partial charge on any atom is 0.230 e. The van der Waals surface area contributed by atoms with Crippen LogP contribution in [0.2, 0.25) is 0 Å². The van der Waals surface area contributed by atoms with Crippen LogP contribution < -0.4 is 4.90 Å². The molecule has 0 N–H and O–H groups in total. The summed E-state index contributed by atoms with van der Waals surface area (Å²) in [6.07, 6.45) is 7.01. The van der Waals surface area contributed by atoms with E-state index in [-0.39, 0.29) is 0 Å². The van der Waals surface area contributed by atoms with Gasteiger partial charge in [0.2, 0.25) is 5.95 Å². The molecule has 0 spiro atoms. The number of rotatable bonds is 3. The van der Waals surface area contributed by atoms with Gasteiger partial charge in [0.1, 0.15) is 0 Å². The standard InChI is InChI=1S/C18H15N3S/c1-2-6-17-14(4-1)10-12-21(17)18-19-11-9-15(20-18)7-8-16-5-3-13-22-16/h1-9,11,13H,10,12H2/b8-7+. The number of para-hydroxylation sites is 1. The molecule has 1 aliphatic heterocycles. The molecule has 0 radical (unpaired) electrons. The molecule has 3 heterocycles. The Bertz CT molecular complexity index is 809. The summed E-state index contributed by atoms with van der Waals surface area (Å²) in [6, 6.07) is 14.6. The normalized spacial score (nSPS) is 13.7. The van der Waals surface area contributed by atoms with Gasteiger partial charge in [0.05, 0.1) is 5.69 Å². The van der Waals surface area contributed by atoms with Gasteiger partial charge in [-0.3, -0.25) is 0 Å². The van der Waals surface area contributed by atoms with Crippen LogP contribution in [0.1, 0.15) is 16.1 Å². The fourth-order valence-corrected chi connectivity index (χ4v) is 3.30. The lowest BCUT2D eigenvalue weighted by molar-refractivity contribution is 0.937. The van der Waals surface area contributed by atoms with Gasteiger partial charge in [-0.05, 0) is 47.7 Å². The molecule has 22 heavy (non-hydrogen) atoms. The summed E-state index contributed by atoms with van der Waals surface area (Å²) in [5.74, 6) is 0.776. The minimum atomic E-state index is 0.776. The maximum atomic E-state index is 4.69. The van der Waals surface area contributed by atoms with E-state index in [1.165, 1.54) is 16.1 Å². The number of aromatic nitrogens is 2. The van der Waals surface area contributed by atoms with E-state index in [0.717, 1.165) is 24.6 Å². The van der Waals surface area contributed by atoms with Crippen LogP contribution in [0.5, 0.6) is 0 Å². The molecule has 0 aliphatic carbocycles. The zero-order chi connectivity index (χ0) is 14.8. The van der Waals surface area contributed by atoms with Crippen molar-refractivity contribution in [3.05, 3.63) is 70.2 Å². The first-order chi connectivity index (χ1) is 10.9.